The zero-order chi connectivity index (χ0) is 14.6. The summed E-state index contributed by atoms with van der Waals surface area (Å²) in [5.74, 6) is 5.86. The van der Waals surface area contributed by atoms with Gasteiger partial charge in [-0.1, -0.05) is 18.6 Å². The van der Waals surface area contributed by atoms with E-state index in [1.54, 1.807) is 4.68 Å². The second-order valence-electron chi connectivity index (χ2n) is 6.07. The Morgan fingerprint density at radius 3 is 2.60 bits per heavy atom. The van der Waals surface area contributed by atoms with E-state index >= 15 is 0 Å². The number of aromatic nitrogens is 3. The Hall–Kier alpha value is -0.980. The van der Waals surface area contributed by atoms with Crippen LogP contribution in [-0.4, -0.2) is 44.6 Å². The molecule has 2 rings (SSSR count). The second kappa shape index (κ2) is 6.65. The van der Waals surface area contributed by atoms with Crippen LogP contribution in [0.3, 0.4) is 0 Å². The largest absolute Gasteiger partial charge is 0.296 e. The Morgan fingerprint density at radius 2 is 2.10 bits per heavy atom. The van der Waals surface area contributed by atoms with Crippen LogP contribution in [0, 0.1) is 0 Å². The first-order valence-electron chi connectivity index (χ1n) is 7.66. The van der Waals surface area contributed by atoms with Gasteiger partial charge >= 0.3 is 0 Å². The van der Waals surface area contributed by atoms with Crippen molar-refractivity contribution in [1.82, 2.24) is 25.3 Å². The summed E-state index contributed by atoms with van der Waals surface area (Å²) in [5.41, 5.74) is 4.08. The van der Waals surface area contributed by atoms with Crippen LogP contribution in [0.15, 0.2) is 6.20 Å². The van der Waals surface area contributed by atoms with Crippen molar-refractivity contribution < 1.29 is 0 Å². The molecule has 0 amide bonds. The number of nitrogens with two attached hydrogens (primary N) is 1. The van der Waals surface area contributed by atoms with Gasteiger partial charge < -0.3 is 0 Å². The molecular weight excluding hydrogens is 252 g/mol. The molecule has 114 valence electrons. The summed E-state index contributed by atoms with van der Waals surface area (Å²) in [6, 6.07) is 0.183. The number of piperidine rings is 1. The molecule has 0 spiro atoms. The first-order valence-corrected chi connectivity index (χ1v) is 7.66. The SMILES string of the molecule is CCC(C)(C(Cc1cn(C)nn1)NN)N1CCCCC1. The summed E-state index contributed by atoms with van der Waals surface area (Å²) >= 11 is 0. The number of hydrazine groups is 1. The normalized spacial score (nSPS) is 21.6. The van der Waals surface area contributed by atoms with Gasteiger partial charge in [0.05, 0.1) is 5.69 Å². The summed E-state index contributed by atoms with van der Waals surface area (Å²) < 4.78 is 1.74. The highest BCUT2D eigenvalue weighted by atomic mass is 15.4. The van der Waals surface area contributed by atoms with E-state index in [-0.39, 0.29) is 11.6 Å². The molecule has 0 aromatic carbocycles. The van der Waals surface area contributed by atoms with Crippen LogP contribution in [0.4, 0.5) is 0 Å². The molecule has 6 nitrogen and oxygen atoms in total. The molecule has 20 heavy (non-hydrogen) atoms. The van der Waals surface area contributed by atoms with E-state index < -0.39 is 0 Å². The Balaban J connectivity index is 2.12. The molecule has 2 atom stereocenters. The average molecular weight is 280 g/mol. The number of aryl methyl sites for hydroxylation is 1. The summed E-state index contributed by atoms with van der Waals surface area (Å²) in [5, 5.41) is 8.20. The topological polar surface area (TPSA) is 72.0 Å². The molecule has 3 N–H and O–H groups in total. The molecule has 1 saturated heterocycles. The highest BCUT2D eigenvalue weighted by Gasteiger charge is 2.38. The van der Waals surface area contributed by atoms with E-state index in [1.807, 2.05) is 13.2 Å². The summed E-state index contributed by atoms with van der Waals surface area (Å²) in [4.78, 5) is 2.59. The lowest BCUT2D eigenvalue weighted by Crippen LogP contribution is -2.62. The van der Waals surface area contributed by atoms with E-state index in [9.17, 15) is 0 Å². The van der Waals surface area contributed by atoms with Crippen molar-refractivity contribution in [3.05, 3.63) is 11.9 Å². The van der Waals surface area contributed by atoms with Gasteiger partial charge in [0.15, 0.2) is 0 Å². The minimum Gasteiger partial charge on any atom is -0.296 e. The van der Waals surface area contributed by atoms with Gasteiger partial charge in [-0.15, -0.1) is 5.10 Å². The fraction of sp³-hybridized carbons (Fsp3) is 0.857. The predicted molar refractivity (Wildman–Crippen MR) is 79.9 cm³/mol. The Kier molecular flexibility index (Phi) is 5.12. The first kappa shape index (κ1) is 15.4. The average Bonchev–Trinajstić information content (AvgIpc) is 2.90. The molecule has 0 radical (unpaired) electrons. The Labute approximate surface area is 121 Å². The third-order valence-corrected chi connectivity index (χ3v) is 4.81. The molecule has 0 bridgehead atoms. The van der Waals surface area contributed by atoms with Crippen molar-refractivity contribution in [3.63, 3.8) is 0 Å². The summed E-state index contributed by atoms with van der Waals surface area (Å²) in [6.07, 6.45) is 7.78. The van der Waals surface area contributed by atoms with E-state index in [0.29, 0.717) is 0 Å². The highest BCUT2D eigenvalue weighted by Crippen LogP contribution is 2.28. The van der Waals surface area contributed by atoms with Crippen LogP contribution in [0.5, 0.6) is 0 Å². The monoisotopic (exact) mass is 280 g/mol. The second-order valence-corrected chi connectivity index (χ2v) is 6.07. The molecule has 1 aliphatic heterocycles. The summed E-state index contributed by atoms with van der Waals surface area (Å²) in [6.45, 7) is 6.90. The number of likely N-dealkylation sites (tertiary alicyclic amines) is 1. The van der Waals surface area contributed by atoms with Crippen LogP contribution < -0.4 is 11.3 Å². The lowest BCUT2D eigenvalue weighted by atomic mass is 9.83. The zero-order valence-corrected chi connectivity index (χ0v) is 13.0. The molecule has 2 heterocycles. The van der Waals surface area contributed by atoms with Gasteiger partial charge in [-0.3, -0.25) is 20.9 Å². The number of rotatable bonds is 6. The van der Waals surface area contributed by atoms with E-state index in [0.717, 1.165) is 18.5 Å². The van der Waals surface area contributed by atoms with Crippen molar-refractivity contribution in [2.75, 3.05) is 13.1 Å². The van der Waals surface area contributed by atoms with Crippen LogP contribution >= 0.6 is 0 Å². The maximum Gasteiger partial charge on any atom is 0.0843 e. The Morgan fingerprint density at radius 1 is 1.40 bits per heavy atom. The Bertz CT molecular complexity index is 412. The quantitative estimate of drug-likeness (QED) is 0.597. The number of hydrogen-bond acceptors (Lipinski definition) is 5. The van der Waals surface area contributed by atoms with Crippen molar-refractivity contribution >= 4 is 0 Å². The lowest BCUT2D eigenvalue weighted by Gasteiger charge is -2.47. The van der Waals surface area contributed by atoms with Crippen molar-refractivity contribution in [2.45, 2.75) is 57.5 Å². The standard InChI is InChI=1S/C14H28N6/c1-4-14(2,20-8-6-5-7-9-20)13(16-15)10-12-11-19(3)18-17-12/h11,13,16H,4-10,15H2,1-3H3. The third-order valence-electron chi connectivity index (χ3n) is 4.81. The van der Waals surface area contributed by atoms with Crippen molar-refractivity contribution in [3.8, 4) is 0 Å². The van der Waals surface area contributed by atoms with Crippen LogP contribution in [0.1, 0.15) is 45.2 Å². The highest BCUT2D eigenvalue weighted by molar-refractivity contribution is 5.04. The fourth-order valence-electron chi connectivity index (χ4n) is 3.25. The van der Waals surface area contributed by atoms with Crippen LogP contribution in [0.2, 0.25) is 0 Å². The molecular formula is C14H28N6. The van der Waals surface area contributed by atoms with E-state index in [2.05, 4.69) is 34.5 Å². The van der Waals surface area contributed by atoms with Gasteiger partial charge in [-0.05, 0) is 39.3 Å². The summed E-state index contributed by atoms with van der Waals surface area (Å²) in [7, 11) is 1.89. The first-order chi connectivity index (χ1) is 9.60. The molecule has 0 saturated carbocycles. The minimum absolute atomic E-state index is 0.0622. The smallest absolute Gasteiger partial charge is 0.0843 e. The third kappa shape index (κ3) is 3.19. The van der Waals surface area contributed by atoms with Gasteiger partial charge in [-0.2, -0.15) is 0 Å². The number of hydrogen-bond donors (Lipinski definition) is 2. The fourth-order valence-corrected chi connectivity index (χ4v) is 3.25. The zero-order valence-electron chi connectivity index (χ0n) is 13.0. The maximum atomic E-state index is 5.86. The van der Waals surface area contributed by atoms with Gasteiger partial charge in [0.25, 0.3) is 0 Å². The van der Waals surface area contributed by atoms with Crippen molar-refractivity contribution in [1.29, 1.82) is 0 Å². The maximum absolute atomic E-state index is 5.86. The predicted octanol–water partition coefficient (Wildman–Crippen LogP) is 0.844. The lowest BCUT2D eigenvalue weighted by molar-refractivity contribution is 0.0426. The molecule has 1 fully saturated rings. The van der Waals surface area contributed by atoms with Crippen LogP contribution in [-0.2, 0) is 13.5 Å². The molecule has 6 heteroatoms. The van der Waals surface area contributed by atoms with Gasteiger partial charge in [0.2, 0.25) is 0 Å². The van der Waals surface area contributed by atoms with Gasteiger partial charge in [-0.25, -0.2) is 0 Å². The van der Waals surface area contributed by atoms with E-state index in [4.69, 9.17) is 5.84 Å². The van der Waals surface area contributed by atoms with Crippen LogP contribution in [0.25, 0.3) is 0 Å². The molecule has 1 aliphatic rings. The van der Waals surface area contributed by atoms with Crippen molar-refractivity contribution in [2.24, 2.45) is 12.9 Å². The molecule has 1 aromatic heterocycles. The number of nitrogens with zero attached hydrogens (tertiary/aromatic N) is 4. The minimum atomic E-state index is 0.0622. The molecule has 0 aliphatic carbocycles. The number of nitrogens with one attached hydrogen (secondary N) is 1. The van der Waals surface area contributed by atoms with Gasteiger partial charge in [0, 0.05) is 31.2 Å². The van der Waals surface area contributed by atoms with E-state index in [1.165, 1.54) is 32.4 Å². The van der Waals surface area contributed by atoms with Gasteiger partial charge in [0.1, 0.15) is 0 Å². The molecule has 1 aromatic rings. The molecule has 2 unspecified atom stereocenters.